The van der Waals surface area contributed by atoms with Crippen LogP contribution in [0.3, 0.4) is 0 Å². The van der Waals surface area contributed by atoms with Gasteiger partial charge in [-0.15, -0.1) is 0 Å². The SMILES string of the molecule is CCN(CC)C(=O)C[C@H]1CC2(CCN(C(=O)c3cccnc3)CC2)Oc2ccccc21. The molecule has 1 saturated heterocycles. The molecule has 3 heterocycles. The standard InChI is InChI=1S/C25H31N3O3/c1-3-27(4-2)23(29)16-20-17-25(31-22-10-6-5-9-21(20)22)11-14-28(15-12-25)24(30)19-8-7-13-26-18-19/h5-10,13,18,20H,3-4,11-12,14-17H2,1-2H3/t20-/m0/s1. The summed E-state index contributed by atoms with van der Waals surface area (Å²) in [6.45, 7) is 6.80. The van der Waals surface area contributed by atoms with Crippen LogP contribution in [-0.4, -0.2) is 58.4 Å². The lowest BCUT2D eigenvalue weighted by Crippen LogP contribution is -2.52. The highest BCUT2D eigenvalue weighted by Gasteiger charge is 2.44. The van der Waals surface area contributed by atoms with Crippen LogP contribution in [0.4, 0.5) is 0 Å². The molecule has 4 rings (SSSR count). The van der Waals surface area contributed by atoms with Gasteiger partial charge in [-0.2, -0.15) is 0 Å². The van der Waals surface area contributed by atoms with Crippen molar-refractivity contribution in [1.82, 2.24) is 14.8 Å². The van der Waals surface area contributed by atoms with Crippen molar-refractivity contribution in [2.45, 2.75) is 51.0 Å². The van der Waals surface area contributed by atoms with Gasteiger partial charge in [0.05, 0.1) is 5.56 Å². The highest BCUT2D eigenvalue weighted by Crippen LogP contribution is 2.46. The number of likely N-dealkylation sites (tertiary alicyclic amines) is 1. The van der Waals surface area contributed by atoms with Crippen molar-refractivity contribution in [3.8, 4) is 5.75 Å². The van der Waals surface area contributed by atoms with Crippen molar-refractivity contribution < 1.29 is 14.3 Å². The molecular formula is C25H31N3O3. The van der Waals surface area contributed by atoms with E-state index in [0.717, 1.165) is 43.7 Å². The Balaban J connectivity index is 1.50. The lowest BCUT2D eigenvalue weighted by molar-refractivity contribution is -0.131. The number of carbonyl (C=O) groups excluding carboxylic acids is 2. The zero-order valence-corrected chi connectivity index (χ0v) is 18.4. The number of benzene rings is 1. The number of hydrogen-bond donors (Lipinski definition) is 0. The first-order valence-electron chi connectivity index (χ1n) is 11.3. The van der Waals surface area contributed by atoms with Gasteiger partial charge in [0, 0.05) is 63.8 Å². The number of ether oxygens (including phenoxy) is 1. The van der Waals surface area contributed by atoms with Gasteiger partial charge < -0.3 is 14.5 Å². The van der Waals surface area contributed by atoms with Crippen LogP contribution in [0.5, 0.6) is 5.75 Å². The van der Waals surface area contributed by atoms with E-state index in [1.165, 1.54) is 0 Å². The van der Waals surface area contributed by atoms with Gasteiger partial charge in [-0.25, -0.2) is 0 Å². The van der Waals surface area contributed by atoms with Gasteiger partial charge in [-0.3, -0.25) is 14.6 Å². The van der Waals surface area contributed by atoms with Crippen LogP contribution in [0.2, 0.25) is 0 Å². The number of para-hydroxylation sites is 1. The van der Waals surface area contributed by atoms with Crippen LogP contribution in [0.25, 0.3) is 0 Å². The number of amides is 2. The van der Waals surface area contributed by atoms with E-state index >= 15 is 0 Å². The second-order valence-corrected chi connectivity index (χ2v) is 8.53. The molecule has 0 N–H and O–H groups in total. The number of carbonyl (C=O) groups is 2. The molecule has 1 atom stereocenters. The van der Waals surface area contributed by atoms with Crippen molar-refractivity contribution in [3.63, 3.8) is 0 Å². The maximum Gasteiger partial charge on any atom is 0.255 e. The normalized spacial score (nSPS) is 19.4. The molecule has 1 fully saturated rings. The summed E-state index contributed by atoms with van der Waals surface area (Å²) < 4.78 is 6.54. The number of nitrogens with zero attached hydrogens (tertiary/aromatic N) is 3. The quantitative estimate of drug-likeness (QED) is 0.735. The summed E-state index contributed by atoms with van der Waals surface area (Å²) in [4.78, 5) is 33.6. The highest BCUT2D eigenvalue weighted by atomic mass is 16.5. The molecule has 2 amide bonds. The van der Waals surface area contributed by atoms with Crippen molar-refractivity contribution >= 4 is 11.8 Å². The monoisotopic (exact) mass is 421 g/mol. The molecule has 164 valence electrons. The number of hydrogen-bond acceptors (Lipinski definition) is 4. The van der Waals surface area contributed by atoms with Crippen LogP contribution in [0.15, 0.2) is 48.8 Å². The van der Waals surface area contributed by atoms with Crippen molar-refractivity contribution in [2.24, 2.45) is 0 Å². The fourth-order valence-electron chi connectivity index (χ4n) is 4.94. The summed E-state index contributed by atoms with van der Waals surface area (Å²) in [5, 5.41) is 0. The van der Waals surface area contributed by atoms with Gasteiger partial charge in [0.25, 0.3) is 5.91 Å². The smallest absolute Gasteiger partial charge is 0.255 e. The molecule has 6 heteroatoms. The summed E-state index contributed by atoms with van der Waals surface area (Å²) in [7, 11) is 0. The van der Waals surface area contributed by atoms with E-state index in [1.807, 2.05) is 47.9 Å². The summed E-state index contributed by atoms with van der Waals surface area (Å²) in [5.41, 5.74) is 1.42. The van der Waals surface area contributed by atoms with Gasteiger partial charge in [0.1, 0.15) is 11.4 Å². The van der Waals surface area contributed by atoms with Crippen LogP contribution < -0.4 is 4.74 Å². The molecule has 1 spiro atoms. The van der Waals surface area contributed by atoms with E-state index in [-0.39, 0.29) is 23.3 Å². The summed E-state index contributed by atoms with van der Waals surface area (Å²) in [6, 6.07) is 11.7. The number of piperidine rings is 1. The number of pyridine rings is 1. The molecule has 31 heavy (non-hydrogen) atoms. The average molecular weight is 422 g/mol. The minimum absolute atomic E-state index is 0.0208. The molecule has 2 aliphatic rings. The Hall–Kier alpha value is -2.89. The molecular weight excluding hydrogens is 390 g/mol. The summed E-state index contributed by atoms with van der Waals surface area (Å²) in [6.07, 6.45) is 6.14. The molecule has 1 aromatic carbocycles. The zero-order valence-electron chi connectivity index (χ0n) is 18.4. The minimum Gasteiger partial charge on any atom is -0.487 e. The first kappa shape index (κ1) is 21.3. The Morgan fingerprint density at radius 2 is 1.87 bits per heavy atom. The van der Waals surface area contributed by atoms with Gasteiger partial charge >= 0.3 is 0 Å². The predicted octanol–water partition coefficient (Wildman–Crippen LogP) is 3.88. The molecule has 6 nitrogen and oxygen atoms in total. The third-order valence-corrected chi connectivity index (χ3v) is 6.71. The first-order valence-corrected chi connectivity index (χ1v) is 11.3. The molecule has 0 radical (unpaired) electrons. The second kappa shape index (κ2) is 9.08. The molecule has 1 aromatic heterocycles. The largest absolute Gasteiger partial charge is 0.487 e. The van der Waals surface area contributed by atoms with Gasteiger partial charge in [-0.1, -0.05) is 18.2 Å². The van der Waals surface area contributed by atoms with E-state index < -0.39 is 0 Å². The Morgan fingerprint density at radius 3 is 2.55 bits per heavy atom. The fraction of sp³-hybridized carbons (Fsp3) is 0.480. The summed E-state index contributed by atoms with van der Waals surface area (Å²) in [5.74, 6) is 1.25. The van der Waals surface area contributed by atoms with Gasteiger partial charge in [-0.05, 0) is 44.0 Å². The third-order valence-electron chi connectivity index (χ3n) is 6.71. The van der Waals surface area contributed by atoms with Crippen molar-refractivity contribution in [3.05, 3.63) is 59.9 Å². The molecule has 0 aliphatic carbocycles. The van der Waals surface area contributed by atoms with E-state index in [2.05, 4.69) is 11.1 Å². The Kier molecular flexibility index (Phi) is 6.25. The van der Waals surface area contributed by atoms with E-state index in [4.69, 9.17) is 4.74 Å². The molecule has 2 aromatic rings. The maximum atomic E-state index is 12.9. The van der Waals surface area contributed by atoms with E-state index in [1.54, 1.807) is 18.5 Å². The van der Waals surface area contributed by atoms with Crippen molar-refractivity contribution in [1.29, 1.82) is 0 Å². The van der Waals surface area contributed by atoms with Crippen LogP contribution in [-0.2, 0) is 4.79 Å². The topological polar surface area (TPSA) is 62.7 Å². The van der Waals surface area contributed by atoms with Crippen LogP contribution in [0.1, 0.15) is 61.4 Å². The van der Waals surface area contributed by atoms with Gasteiger partial charge in [0.2, 0.25) is 5.91 Å². The van der Waals surface area contributed by atoms with Crippen LogP contribution >= 0.6 is 0 Å². The first-order chi connectivity index (χ1) is 15.0. The van der Waals surface area contributed by atoms with E-state index in [0.29, 0.717) is 25.1 Å². The third kappa shape index (κ3) is 4.43. The van der Waals surface area contributed by atoms with Crippen LogP contribution in [0, 0.1) is 0 Å². The number of fused-ring (bicyclic) bond motifs is 1. The van der Waals surface area contributed by atoms with Gasteiger partial charge in [0.15, 0.2) is 0 Å². The average Bonchev–Trinajstić information content (AvgIpc) is 2.80. The lowest BCUT2D eigenvalue weighted by Gasteiger charge is -2.47. The number of rotatable bonds is 5. The molecule has 2 aliphatic heterocycles. The minimum atomic E-state index is -0.325. The summed E-state index contributed by atoms with van der Waals surface area (Å²) >= 11 is 0. The molecule has 0 saturated carbocycles. The maximum absolute atomic E-state index is 12.9. The van der Waals surface area contributed by atoms with E-state index in [9.17, 15) is 9.59 Å². The Morgan fingerprint density at radius 1 is 1.13 bits per heavy atom. The fourth-order valence-corrected chi connectivity index (χ4v) is 4.94. The molecule has 0 bridgehead atoms. The Bertz CT molecular complexity index is 919. The number of aromatic nitrogens is 1. The highest BCUT2D eigenvalue weighted by molar-refractivity contribution is 5.93. The molecule has 0 unspecified atom stereocenters. The van der Waals surface area contributed by atoms with Crippen molar-refractivity contribution in [2.75, 3.05) is 26.2 Å². The Labute approximate surface area is 184 Å². The second-order valence-electron chi connectivity index (χ2n) is 8.53. The predicted molar refractivity (Wildman–Crippen MR) is 119 cm³/mol. The lowest BCUT2D eigenvalue weighted by atomic mass is 9.76. The zero-order chi connectivity index (χ0) is 21.8.